The second kappa shape index (κ2) is 5.32. The second-order valence-electron chi connectivity index (χ2n) is 4.56. The molecule has 1 unspecified atom stereocenters. The van der Waals surface area contributed by atoms with Gasteiger partial charge in [0.25, 0.3) is 0 Å². The van der Waals surface area contributed by atoms with Crippen molar-refractivity contribution in [1.29, 1.82) is 0 Å². The number of carboxylic acid groups (broad SMARTS) is 1. The lowest BCUT2D eigenvalue weighted by molar-refractivity contribution is -0.137. The second-order valence-corrected chi connectivity index (χ2v) is 4.56. The molecule has 102 valence electrons. The highest BCUT2D eigenvalue weighted by atomic mass is 16.5. The van der Waals surface area contributed by atoms with Gasteiger partial charge >= 0.3 is 5.97 Å². The molecule has 5 nitrogen and oxygen atoms in total. The Morgan fingerprint density at radius 1 is 1.53 bits per heavy atom. The summed E-state index contributed by atoms with van der Waals surface area (Å²) in [4.78, 5) is 10.6. The van der Waals surface area contributed by atoms with Crippen LogP contribution < -0.4 is 10.5 Å². The Morgan fingerprint density at radius 3 is 2.89 bits per heavy atom. The lowest BCUT2D eigenvalue weighted by atomic mass is 10.1. The molecule has 0 aliphatic rings. The zero-order chi connectivity index (χ0) is 14.0. The van der Waals surface area contributed by atoms with Crippen LogP contribution in [0.1, 0.15) is 24.6 Å². The van der Waals surface area contributed by atoms with Crippen LogP contribution in [-0.4, -0.2) is 22.8 Å². The van der Waals surface area contributed by atoms with E-state index in [4.69, 9.17) is 15.6 Å². The standard InChI is InChI=1S/C14H18N2O3/c1-16-11-4-3-5-13(19-2)9(11)8-12(16)10(15)6-7-14(17)18/h3-5,8,10H,6-7,15H2,1-2H3,(H,17,18). The third-order valence-corrected chi connectivity index (χ3v) is 3.35. The number of ether oxygens (including phenoxy) is 1. The number of rotatable bonds is 5. The summed E-state index contributed by atoms with van der Waals surface area (Å²) in [5, 5.41) is 9.71. The first kappa shape index (κ1) is 13.4. The highest BCUT2D eigenvalue weighted by Crippen LogP contribution is 2.30. The maximum atomic E-state index is 10.6. The van der Waals surface area contributed by atoms with Gasteiger partial charge < -0.3 is 20.1 Å². The summed E-state index contributed by atoms with van der Waals surface area (Å²) in [6, 6.07) is 7.49. The summed E-state index contributed by atoms with van der Waals surface area (Å²) < 4.78 is 7.32. The Kier molecular flexibility index (Phi) is 3.76. The van der Waals surface area contributed by atoms with Gasteiger partial charge in [-0.2, -0.15) is 0 Å². The van der Waals surface area contributed by atoms with Crippen LogP contribution in [0.4, 0.5) is 0 Å². The lowest BCUT2D eigenvalue weighted by Gasteiger charge is -2.11. The predicted molar refractivity (Wildman–Crippen MR) is 73.3 cm³/mol. The van der Waals surface area contributed by atoms with Crippen LogP contribution in [0.25, 0.3) is 10.9 Å². The molecule has 19 heavy (non-hydrogen) atoms. The van der Waals surface area contributed by atoms with E-state index >= 15 is 0 Å². The monoisotopic (exact) mass is 262 g/mol. The molecule has 0 aliphatic heterocycles. The highest BCUT2D eigenvalue weighted by molar-refractivity contribution is 5.87. The number of nitrogens with two attached hydrogens (primary N) is 1. The van der Waals surface area contributed by atoms with Crippen molar-refractivity contribution in [2.24, 2.45) is 12.8 Å². The Bertz CT molecular complexity index is 604. The topological polar surface area (TPSA) is 77.5 Å². The largest absolute Gasteiger partial charge is 0.496 e. The number of hydrogen-bond donors (Lipinski definition) is 2. The SMILES string of the molecule is COc1cccc2c1cc(C(N)CCC(=O)O)n2C. The predicted octanol–water partition coefficient (Wildman–Crippen LogP) is 2.05. The van der Waals surface area contributed by atoms with Crippen molar-refractivity contribution in [3.05, 3.63) is 30.0 Å². The van der Waals surface area contributed by atoms with Crippen molar-refractivity contribution >= 4 is 16.9 Å². The number of fused-ring (bicyclic) bond motifs is 1. The number of carboxylic acids is 1. The van der Waals surface area contributed by atoms with E-state index in [1.165, 1.54) is 0 Å². The molecular formula is C14H18N2O3. The van der Waals surface area contributed by atoms with Gasteiger partial charge in [0.2, 0.25) is 0 Å². The van der Waals surface area contributed by atoms with E-state index in [2.05, 4.69) is 0 Å². The molecule has 0 saturated heterocycles. The van der Waals surface area contributed by atoms with E-state index in [1.54, 1.807) is 7.11 Å². The molecule has 5 heteroatoms. The fourth-order valence-electron chi connectivity index (χ4n) is 2.31. The molecule has 1 aromatic heterocycles. The van der Waals surface area contributed by atoms with E-state index in [1.807, 2.05) is 35.9 Å². The van der Waals surface area contributed by atoms with Crippen molar-refractivity contribution in [1.82, 2.24) is 4.57 Å². The van der Waals surface area contributed by atoms with Crippen LogP contribution in [0.2, 0.25) is 0 Å². The number of nitrogens with zero attached hydrogens (tertiary/aromatic N) is 1. The van der Waals surface area contributed by atoms with Gasteiger partial charge in [-0.15, -0.1) is 0 Å². The van der Waals surface area contributed by atoms with Crippen molar-refractivity contribution in [3.8, 4) is 5.75 Å². The molecular weight excluding hydrogens is 244 g/mol. The molecule has 0 amide bonds. The van der Waals surface area contributed by atoms with Gasteiger partial charge in [-0.1, -0.05) is 6.07 Å². The van der Waals surface area contributed by atoms with E-state index < -0.39 is 5.97 Å². The van der Waals surface area contributed by atoms with Gasteiger partial charge in [0, 0.05) is 30.6 Å². The number of aliphatic carboxylic acids is 1. The summed E-state index contributed by atoms with van der Waals surface area (Å²) in [5.74, 6) is -0.0309. The molecule has 0 aliphatic carbocycles. The molecule has 0 saturated carbocycles. The third kappa shape index (κ3) is 2.56. The first-order valence-corrected chi connectivity index (χ1v) is 6.14. The quantitative estimate of drug-likeness (QED) is 0.864. The minimum atomic E-state index is -0.827. The van der Waals surface area contributed by atoms with E-state index in [9.17, 15) is 4.79 Å². The Balaban J connectivity index is 2.39. The fraction of sp³-hybridized carbons (Fsp3) is 0.357. The van der Waals surface area contributed by atoms with Crippen LogP contribution in [0.5, 0.6) is 5.75 Å². The van der Waals surface area contributed by atoms with Crippen LogP contribution in [0.15, 0.2) is 24.3 Å². The van der Waals surface area contributed by atoms with Crippen molar-refractivity contribution in [2.45, 2.75) is 18.9 Å². The van der Waals surface area contributed by atoms with Crippen LogP contribution in [0.3, 0.4) is 0 Å². The normalized spacial score (nSPS) is 12.6. The van der Waals surface area contributed by atoms with Gasteiger partial charge in [-0.25, -0.2) is 0 Å². The summed E-state index contributed by atoms with van der Waals surface area (Å²) >= 11 is 0. The molecule has 2 aromatic rings. The first-order valence-electron chi connectivity index (χ1n) is 6.14. The Morgan fingerprint density at radius 2 is 2.26 bits per heavy atom. The van der Waals surface area contributed by atoms with E-state index in [-0.39, 0.29) is 12.5 Å². The van der Waals surface area contributed by atoms with E-state index in [0.29, 0.717) is 6.42 Å². The molecule has 1 aromatic carbocycles. The third-order valence-electron chi connectivity index (χ3n) is 3.35. The van der Waals surface area contributed by atoms with Crippen molar-refractivity contribution < 1.29 is 14.6 Å². The summed E-state index contributed by atoms with van der Waals surface area (Å²) in [6.07, 6.45) is 0.488. The molecule has 2 rings (SSSR count). The van der Waals surface area contributed by atoms with Gasteiger partial charge in [0.15, 0.2) is 0 Å². The Labute approximate surface area is 111 Å². The van der Waals surface area contributed by atoms with Gasteiger partial charge in [0.05, 0.1) is 12.6 Å². The molecule has 1 heterocycles. The fourth-order valence-corrected chi connectivity index (χ4v) is 2.31. The van der Waals surface area contributed by atoms with Crippen LogP contribution in [-0.2, 0) is 11.8 Å². The summed E-state index contributed by atoms with van der Waals surface area (Å²) in [7, 11) is 3.56. The van der Waals surface area contributed by atoms with Crippen LogP contribution >= 0.6 is 0 Å². The minimum Gasteiger partial charge on any atom is -0.496 e. The summed E-state index contributed by atoms with van der Waals surface area (Å²) in [6.45, 7) is 0. The number of benzene rings is 1. The van der Waals surface area contributed by atoms with Crippen molar-refractivity contribution in [2.75, 3.05) is 7.11 Å². The summed E-state index contributed by atoms with van der Waals surface area (Å²) in [5.41, 5.74) is 8.02. The van der Waals surface area contributed by atoms with Gasteiger partial charge in [-0.05, 0) is 24.6 Å². The van der Waals surface area contributed by atoms with Crippen LogP contribution in [0, 0.1) is 0 Å². The van der Waals surface area contributed by atoms with Gasteiger partial charge in [0.1, 0.15) is 5.75 Å². The number of aromatic nitrogens is 1. The van der Waals surface area contributed by atoms with E-state index in [0.717, 1.165) is 22.3 Å². The number of carbonyl (C=O) groups is 1. The maximum absolute atomic E-state index is 10.6. The molecule has 0 bridgehead atoms. The average Bonchev–Trinajstić information content (AvgIpc) is 2.73. The lowest BCUT2D eigenvalue weighted by Crippen LogP contribution is -2.15. The maximum Gasteiger partial charge on any atom is 0.303 e. The zero-order valence-electron chi connectivity index (χ0n) is 11.1. The smallest absolute Gasteiger partial charge is 0.303 e. The molecule has 1 atom stereocenters. The molecule has 0 radical (unpaired) electrons. The van der Waals surface area contributed by atoms with Crippen molar-refractivity contribution in [3.63, 3.8) is 0 Å². The number of aryl methyl sites for hydroxylation is 1. The minimum absolute atomic E-state index is 0.0693. The Hall–Kier alpha value is -2.01. The zero-order valence-corrected chi connectivity index (χ0v) is 11.1. The number of hydrogen-bond acceptors (Lipinski definition) is 3. The molecule has 0 fully saturated rings. The van der Waals surface area contributed by atoms with Gasteiger partial charge in [-0.3, -0.25) is 4.79 Å². The average molecular weight is 262 g/mol. The first-order chi connectivity index (χ1) is 9.04. The molecule has 0 spiro atoms. The number of methoxy groups -OCH3 is 1. The highest BCUT2D eigenvalue weighted by Gasteiger charge is 2.16. The molecule has 3 N–H and O–H groups in total.